The lowest BCUT2D eigenvalue weighted by Gasteiger charge is -2.24. The summed E-state index contributed by atoms with van der Waals surface area (Å²) < 4.78 is 0. The second kappa shape index (κ2) is 6.88. The van der Waals surface area contributed by atoms with Crippen LogP contribution < -0.4 is 5.48 Å². The number of amides is 2. The van der Waals surface area contributed by atoms with Crippen molar-refractivity contribution in [1.29, 1.82) is 0 Å². The van der Waals surface area contributed by atoms with Crippen molar-refractivity contribution in [2.24, 2.45) is 0 Å². The Hall–Kier alpha value is -2.60. The molecule has 2 amide bonds. The first-order chi connectivity index (χ1) is 11.6. The van der Waals surface area contributed by atoms with Crippen LogP contribution in [0.25, 0.3) is 10.8 Å². The summed E-state index contributed by atoms with van der Waals surface area (Å²) in [7, 11) is 0. The molecule has 126 valence electrons. The molecule has 2 aromatic rings. The maximum atomic E-state index is 12.8. The molecule has 0 bridgehead atoms. The zero-order valence-corrected chi connectivity index (χ0v) is 13.5. The second-order valence-electron chi connectivity index (χ2n) is 5.74. The van der Waals surface area contributed by atoms with Crippen LogP contribution in [0, 0.1) is 0 Å². The van der Waals surface area contributed by atoms with Crippen LogP contribution in [-0.2, 0) is 9.63 Å². The minimum atomic E-state index is -0.574. The predicted molar refractivity (Wildman–Crippen MR) is 89.4 cm³/mol. The van der Waals surface area contributed by atoms with Crippen LogP contribution in [-0.4, -0.2) is 41.0 Å². The monoisotopic (exact) mass is 328 g/mol. The van der Waals surface area contributed by atoms with E-state index in [0.717, 1.165) is 11.8 Å². The van der Waals surface area contributed by atoms with Crippen molar-refractivity contribution in [2.45, 2.75) is 25.8 Å². The Morgan fingerprint density at radius 2 is 2.08 bits per heavy atom. The lowest BCUT2D eigenvalue weighted by Crippen LogP contribution is -2.45. The molecule has 0 aromatic heterocycles. The molecule has 0 unspecified atom stereocenters. The number of fused-ring (bicyclic) bond motifs is 1. The first-order valence-electron chi connectivity index (χ1n) is 8.06. The van der Waals surface area contributed by atoms with E-state index in [4.69, 9.17) is 4.84 Å². The van der Waals surface area contributed by atoms with Crippen molar-refractivity contribution in [3.8, 4) is 5.75 Å². The maximum absolute atomic E-state index is 12.8. The zero-order chi connectivity index (χ0) is 17.1. The molecule has 1 aliphatic heterocycles. The van der Waals surface area contributed by atoms with Gasteiger partial charge in [-0.15, -0.1) is 0 Å². The lowest BCUT2D eigenvalue weighted by atomic mass is 10.0. The number of phenols is 1. The molecule has 2 N–H and O–H groups in total. The van der Waals surface area contributed by atoms with Crippen molar-refractivity contribution in [3.05, 3.63) is 42.0 Å². The highest BCUT2D eigenvalue weighted by Crippen LogP contribution is 2.31. The average Bonchev–Trinajstić information content (AvgIpc) is 3.09. The van der Waals surface area contributed by atoms with Crippen LogP contribution >= 0.6 is 0 Å². The number of carbonyl (C=O) groups is 2. The second-order valence-corrected chi connectivity index (χ2v) is 5.74. The molecule has 0 radical (unpaired) electrons. The molecule has 1 heterocycles. The van der Waals surface area contributed by atoms with Gasteiger partial charge in [0, 0.05) is 11.9 Å². The molecular formula is C18H20N2O4. The summed E-state index contributed by atoms with van der Waals surface area (Å²) in [5.41, 5.74) is 2.57. The smallest absolute Gasteiger partial charge is 0.266 e. The summed E-state index contributed by atoms with van der Waals surface area (Å²) in [5.74, 6) is -0.718. The van der Waals surface area contributed by atoms with E-state index in [0.29, 0.717) is 25.0 Å². The molecule has 6 nitrogen and oxygen atoms in total. The topological polar surface area (TPSA) is 78.9 Å². The Morgan fingerprint density at radius 1 is 1.29 bits per heavy atom. The lowest BCUT2D eigenvalue weighted by molar-refractivity contribution is -0.137. The van der Waals surface area contributed by atoms with Crippen LogP contribution in [0.4, 0.5) is 0 Å². The summed E-state index contributed by atoms with van der Waals surface area (Å²) in [6.07, 6.45) is 1.32. The van der Waals surface area contributed by atoms with Gasteiger partial charge in [-0.2, -0.15) is 0 Å². The highest BCUT2D eigenvalue weighted by Gasteiger charge is 2.35. The number of nitrogens with one attached hydrogen (secondary N) is 1. The summed E-state index contributed by atoms with van der Waals surface area (Å²) in [5, 5.41) is 12.0. The number of carbonyl (C=O) groups excluding carboxylic acids is 2. The van der Waals surface area contributed by atoms with E-state index < -0.39 is 6.04 Å². The molecular weight excluding hydrogens is 308 g/mol. The van der Waals surface area contributed by atoms with Crippen LogP contribution in [0.2, 0.25) is 0 Å². The van der Waals surface area contributed by atoms with Gasteiger partial charge >= 0.3 is 0 Å². The van der Waals surface area contributed by atoms with E-state index in [1.165, 1.54) is 4.90 Å². The number of aromatic hydroxyl groups is 1. The van der Waals surface area contributed by atoms with E-state index in [2.05, 4.69) is 5.48 Å². The summed E-state index contributed by atoms with van der Waals surface area (Å²) in [6.45, 7) is 2.61. The van der Waals surface area contributed by atoms with Gasteiger partial charge in [0.1, 0.15) is 11.8 Å². The Bertz CT molecular complexity index is 775. The van der Waals surface area contributed by atoms with Gasteiger partial charge in [0.2, 0.25) is 0 Å². The highest BCUT2D eigenvalue weighted by molar-refractivity contribution is 6.05. The van der Waals surface area contributed by atoms with Gasteiger partial charge in [0.15, 0.2) is 0 Å². The van der Waals surface area contributed by atoms with Crippen LogP contribution in [0.1, 0.15) is 30.1 Å². The van der Waals surface area contributed by atoms with Crippen molar-refractivity contribution >= 4 is 22.6 Å². The van der Waals surface area contributed by atoms with E-state index >= 15 is 0 Å². The van der Waals surface area contributed by atoms with Crippen molar-refractivity contribution < 1.29 is 19.5 Å². The molecule has 1 fully saturated rings. The van der Waals surface area contributed by atoms with E-state index in [1.807, 2.05) is 18.2 Å². The number of nitrogens with zero attached hydrogens (tertiary/aromatic N) is 1. The van der Waals surface area contributed by atoms with Crippen LogP contribution in [0.3, 0.4) is 0 Å². The predicted octanol–water partition coefficient (Wildman–Crippen LogP) is 2.22. The largest absolute Gasteiger partial charge is 0.506 e. The fourth-order valence-corrected chi connectivity index (χ4v) is 3.08. The molecule has 0 saturated carbocycles. The van der Waals surface area contributed by atoms with Gasteiger partial charge in [0.25, 0.3) is 11.8 Å². The molecule has 0 aliphatic carbocycles. The number of benzene rings is 2. The number of phenolic OH excluding ortho intramolecular Hbond substituents is 1. The number of hydroxylamine groups is 1. The van der Waals surface area contributed by atoms with Crippen molar-refractivity contribution in [3.63, 3.8) is 0 Å². The summed E-state index contributed by atoms with van der Waals surface area (Å²) in [6, 6.07) is 10.2. The molecule has 1 aliphatic rings. The van der Waals surface area contributed by atoms with Crippen LogP contribution in [0.5, 0.6) is 5.75 Å². The molecule has 24 heavy (non-hydrogen) atoms. The minimum absolute atomic E-state index is 0.0473. The first-order valence-corrected chi connectivity index (χ1v) is 8.06. The third-order valence-corrected chi connectivity index (χ3v) is 4.26. The number of rotatable bonds is 4. The van der Waals surface area contributed by atoms with Gasteiger partial charge in [-0.05, 0) is 31.2 Å². The van der Waals surface area contributed by atoms with E-state index in [1.54, 1.807) is 25.1 Å². The summed E-state index contributed by atoms with van der Waals surface area (Å²) >= 11 is 0. The van der Waals surface area contributed by atoms with Gasteiger partial charge in [-0.3, -0.25) is 14.4 Å². The zero-order valence-electron chi connectivity index (χ0n) is 13.5. The van der Waals surface area contributed by atoms with Crippen molar-refractivity contribution in [2.75, 3.05) is 13.2 Å². The molecule has 6 heteroatoms. The number of hydrogen-bond acceptors (Lipinski definition) is 4. The Kier molecular flexibility index (Phi) is 4.66. The third-order valence-electron chi connectivity index (χ3n) is 4.26. The molecule has 1 saturated heterocycles. The van der Waals surface area contributed by atoms with E-state index in [9.17, 15) is 14.7 Å². The van der Waals surface area contributed by atoms with E-state index in [-0.39, 0.29) is 23.1 Å². The quantitative estimate of drug-likeness (QED) is 0.844. The van der Waals surface area contributed by atoms with Gasteiger partial charge in [-0.1, -0.05) is 30.3 Å². The average molecular weight is 328 g/mol. The molecule has 0 spiro atoms. The first kappa shape index (κ1) is 16.3. The molecule has 1 atom stereocenters. The molecule has 2 aromatic carbocycles. The van der Waals surface area contributed by atoms with Gasteiger partial charge in [-0.25, -0.2) is 5.48 Å². The Balaban J connectivity index is 1.88. The SMILES string of the molecule is CCONC(=O)[C@H]1CCCN1C(=O)c1ccc2ccccc2c1O. The van der Waals surface area contributed by atoms with Gasteiger partial charge in [0.05, 0.1) is 12.2 Å². The van der Waals surface area contributed by atoms with Crippen molar-refractivity contribution in [1.82, 2.24) is 10.4 Å². The summed E-state index contributed by atoms with van der Waals surface area (Å²) in [4.78, 5) is 31.4. The number of hydrogen-bond donors (Lipinski definition) is 2. The fourth-order valence-electron chi connectivity index (χ4n) is 3.08. The number of likely N-dealkylation sites (tertiary alicyclic amines) is 1. The minimum Gasteiger partial charge on any atom is -0.506 e. The Morgan fingerprint density at radius 3 is 2.88 bits per heavy atom. The highest BCUT2D eigenvalue weighted by atomic mass is 16.6. The Labute approximate surface area is 140 Å². The standard InChI is InChI=1S/C18H20N2O4/c1-2-24-19-17(22)15-8-5-11-20(15)18(23)14-10-9-12-6-3-4-7-13(12)16(14)21/h3-4,6-7,9-10,15,21H,2,5,8,11H2,1H3,(H,19,22)/t15-/m1/s1. The third kappa shape index (κ3) is 2.92. The normalized spacial score (nSPS) is 17.2. The maximum Gasteiger partial charge on any atom is 0.266 e. The van der Waals surface area contributed by atoms with Crippen LogP contribution in [0.15, 0.2) is 36.4 Å². The fraction of sp³-hybridized carbons (Fsp3) is 0.333. The molecule has 3 rings (SSSR count). The van der Waals surface area contributed by atoms with Gasteiger partial charge < -0.3 is 10.0 Å².